The highest BCUT2D eigenvalue weighted by Gasteiger charge is 2.02. The first-order valence-electron chi connectivity index (χ1n) is 6.04. The maximum absolute atomic E-state index is 13.0. The normalized spacial score (nSPS) is 10.2. The summed E-state index contributed by atoms with van der Waals surface area (Å²) in [5, 5.41) is 8.68. The van der Waals surface area contributed by atoms with E-state index in [2.05, 4.69) is 6.92 Å². The van der Waals surface area contributed by atoms with Crippen LogP contribution in [0.3, 0.4) is 0 Å². The number of unbranched alkanes of at least 4 members (excludes halogenated alkanes) is 3. The summed E-state index contributed by atoms with van der Waals surface area (Å²) in [7, 11) is 0. The first-order chi connectivity index (χ1) is 8.27. The zero-order chi connectivity index (χ0) is 12.5. The molecule has 0 saturated heterocycles. The molecule has 1 aromatic carbocycles. The summed E-state index contributed by atoms with van der Waals surface area (Å²) in [5.74, 6) is -0.473. The van der Waals surface area contributed by atoms with E-state index >= 15 is 0 Å². The predicted octanol–water partition coefficient (Wildman–Crippen LogP) is 3.79. The van der Waals surface area contributed by atoms with E-state index in [-0.39, 0.29) is 5.56 Å². The molecule has 0 saturated carbocycles. The van der Waals surface area contributed by atoms with Crippen molar-refractivity contribution in [2.45, 2.75) is 39.2 Å². The molecule has 0 spiro atoms. The zero-order valence-corrected chi connectivity index (χ0v) is 10.2. The van der Waals surface area contributed by atoms with Crippen LogP contribution in [-0.4, -0.2) is 6.61 Å². The molecule has 0 bridgehead atoms. The monoisotopic (exact) mass is 235 g/mol. The Morgan fingerprint density at radius 3 is 2.82 bits per heavy atom. The highest BCUT2D eigenvalue weighted by Crippen LogP contribution is 2.10. The van der Waals surface area contributed by atoms with E-state index in [0.717, 1.165) is 18.6 Å². The molecule has 2 nitrogen and oxygen atoms in total. The summed E-state index contributed by atoms with van der Waals surface area (Å²) in [6.07, 6.45) is 4.69. The van der Waals surface area contributed by atoms with Crippen molar-refractivity contribution in [3.63, 3.8) is 0 Å². The van der Waals surface area contributed by atoms with E-state index in [0.29, 0.717) is 6.61 Å². The van der Waals surface area contributed by atoms with Crippen molar-refractivity contribution in [2.24, 2.45) is 0 Å². The second-order valence-corrected chi connectivity index (χ2v) is 4.04. The molecule has 3 heteroatoms. The van der Waals surface area contributed by atoms with Gasteiger partial charge in [0.05, 0.1) is 12.2 Å². The molecule has 17 heavy (non-hydrogen) atoms. The minimum Gasteiger partial charge on any atom is -0.377 e. The molecule has 0 radical (unpaired) electrons. The average Bonchev–Trinajstić information content (AvgIpc) is 2.35. The number of halogens is 1. The molecule has 92 valence electrons. The van der Waals surface area contributed by atoms with Crippen molar-refractivity contribution in [3.8, 4) is 6.07 Å². The van der Waals surface area contributed by atoms with Crippen LogP contribution in [0, 0.1) is 17.1 Å². The third-order valence-electron chi connectivity index (χ3n) is 2.56. The highest BCUT2D eigenvalue weighted by atomic mass is 19.1. The summed E-state index contributed by atoms with van der Waals surface area (Å²) in [4.78, 5) is 0. The third kappa shape index (κ3) is 4.97. The maximum Gasteiger partial charge on any atom is 0.140 e. The van der Waals surface area contributed by atoms with Crippen LogP contribution in [-0.2, 0) is 11.3 Å². The van der Waals surface area contributed by atoms with Gasteiger partial charge in [0.15, 0.2) is 0 Å². The summed E-state index contributed by atoms with van der Waals surface area (Å²) >= 11 is 0. The molecule has 0 N–H and O–H groups in total. The summed E-state index contributed by atoms with van der Waals surface area (Å²) in [6, 6.07) is 6.34. The topological polar surface area (TPSA) is 33.0 Å². The SMILES string of the molecule is CCCCCCOCc1ccc(F)c(C#N)c1. The number of nitriles is 1. The average molecular weight is 235 g/mol. The Labute approximate surface area is 102 Å². The fourth-order valence-electron chi connectivity index (χ4n) is 1.57. The van der Waals surface area contributed by atoms with Crippen molar-refractivity contribution in [1.82, 2.24) is 0 Å². The van der Waals surface area contributed by atoms with E-state index in [1.807, 2.05) is 6.07 Å². The van der Waals surface area contributed by atoms with Gasteiger partial charge >= 0.3 is 0 Å². The largest absolute Gasteiger partial charge is 0.377 e. The lowest BCUT2D eigenvalue weighted by molar-refractivity contribution is 0.117. The molecule has 0 aliphatic heterocycles. The number of rotatable bonds is 7. The van der Waals surface area contributed by atoms with Gasteiger partial charge in [0.2, 0.25) is 0 Å². The second-order valence-electron chi connectivity index (χ2n) is 4.04. The lowest BCUT2D eigenvalue weighted by atomic mass is 10.1. The van der Waals surface area contributed by atoms with Crippen LogP contribution in [0.25, 0.3) is 0 Å². The quantitative estimate of drug-likeness (QED) is 0.673. The van der Waals surface area contributed by atoms with Crippen LogP contribution in [0.2, 0.25) is 0 Å². The molecule has 0 aliphatic rings. The lowest BCUT2D eigenvalue weighted by Gasteiger charge is -2.05. The summed E-state index contributed by atoms with van der Waals surface area (Å²) < 4.78 is 18.5. The minimum absolute atomic E-state index is 0.0806. The van der Waals surface area contributed by atoms with Gasteiger partial charge in [-0.3, -0.25) is 0 Å². The van der Waals surface area contributed by atoms with Gasteiger partial charge < -0.3 is 4.74 Å². The number of hydrogen-bond donors (Lipinski definition) is 0. The van der Waals surface area contributed by atoms with Crippen LogP contribution in [0.1, 0.15) is 43.7 Å². The Kier molecular flexibility index (Phi) is 6.27. The molecule has 1 aromatic rings. The molecule has 1 rings (SSSR count). The van der Waals surface area contributed by atoms with Gasteiger partial charge in [-0.15, -0.1) is 0 Å². The van der Waals surface area contributed by atoms with Crippen molar-refractivity contribution in [2.75, 3.05) is 6.61 Å². The van der Waals surface area contributed by atoms with E-state index < -0.39 is 5.82 Å². The Balaban J connectivity index is 2.30. The van der Waals surface area contributed by atoms with Crippen LogP contribution in [0.4, 0.5) is 4.39 Å². The summed E-state index contributed by atoms with van der Waals surface area (Å²) in [6.45, 7) is 3.34. The molecular weight excluding hydrogens is 217 g/mol. The predicted molar refractivity (Wildman–Crippen MR) is 64.9 cm³/mol. The van der Waals surface area contributed by atoms with E-state index in [1.165, 1.54) is 25.3 Å². The molecule has 0 unspecified atom stereocenters. The van der Waals surface area contributed by atoms with Gasteiger partial charge in [-0.05, 0) is 24.1 Å². The molecule has 0 heterocycles. The fraction of sp³-hybridized carbons (Fsp3) is 0.500. The van der Waals surface area contributed by atoms with Crippen LogP contribution in [0.15, 0.2) is 18.2 Å². The number of hydrogen-bond acceptors (Lipinski definition) is 2. The van der Waals surface area contributed by atoms with Crippen molar-refractivity contribution < 1.29 is 9.13 Å². The van der Waals surface area contributed by atoms with E-state index in [4.69, 9.17) is 10.00 Å². The van der Waals surface area contributed by atoms with Gasteiger partial charge in [0.1, 0.15) is 11.9 Å². The van der Waals surface area contributed by atoms with Crippen LogP contribution in [0.5, 0.6) is 0 Å². The van der Waals surface area contributed by atoms with Crippen molar-refractivity contribution >= 4 is 0 Å². The van der Waals surface area contributed by atoms with Crippen molar-refractivity contribution in [3.05, 3.63) is 35.1 Å². The first kappa shape index (κ1) is 13.7. The molecule has 0 aromatic heterocycles. The fourth-order valence-corrected chi connectivity index (χ4v) is 1.57. The van der Waals surface area contributed by atoms with E-state index in [1.54, 1.807) is 12.1 Å². The van der Waals surface area contributed by atoms with Gasteiger partial charge in [-0.2, -0.15) is 5.26 Å². The lowest BCUT2D eigenvalue weighted by Crippen LogP contribution is -1.97. The molecule has 0 atom stereocenters. The van der Waals surface area contributed by atoms with Crippen LogP contribution < -0.4 is 0 Å². The first-order valence-corrected chi connectivity index (χ1v) is 6.04. The summed E-state index contributed by atoms with van der Waals surface area (Å²) in [5.41, 5.74) is 0.926. The molecule has 0 fully saturated rings. The molecule has 0 aliphatic carbocycles. The van der Waals surface area contributed by atoms with Gasteiger partial charge in [0.25, 0.3) is 0 Å². The standard InChI is InChI=1S/C14H18FNO/c1-2-3-4-5-8-17-11-12-6-7-14(15)13(9-12)10-16/h6-7,9H,2-5,8,11H2,1H3. The highest BCUT2D eigenvalue weighted by molar-refractivity contribution is 5.34. The number of benzene rings is 1. The Hall–Kier alpha value is -1.40. The number of ether oxygens (including phenoxy) is 1. The third-order valence-corrected chi connectivity index (χ3v) is 2.56. The Morgan fingerprint density at radius 1 is 1.29 bits per heavy atom. The minimum atomic E-state index is -0.473. The van der Waals surface area contributed by atoms with Crippen molar-refractivity contribution in [1.29, 1.82) is 5.26 Å². The Morgan fingerprint density at radius 2 is 2.12 bits per heavy atom. The molecule has 0 amide bonds. The smallest absolute Gasteiger partial charge is 0.140 e. The molecular formula is C14H18FNO. The van der Waals surface area contributed by atoms with Gasteiger partial charge in [-0.1, -0.05) is 32.3 Å². The zero-order valence-electron chi connectivity index (χ0n) is 10.2. The number of nitrogens with zero attached hydrogens (tertiary/aromatic N) is 1. The maximum atomic E-state index is 13.0. The van der Waals surface area contributed by atoms with Crippen LogP contribution >= 0.6 is 0 Å². The van der Waals surface area contributed by atoms with Gasteiger partial charge in [0, 0.05) is 6.61 Å². The van der Waals surface area contributed by atoms with Gasteiger partial charge in [-0.25, -0.2) is 4.39 Å². The Bertz CT molecular complexity index is 384. The second kappa shape index (κ2) is 7.81. The van der Waals surface area contributed by atoms with E-state index in [9.17, 15) is 4.39 Å².